The van der Waals surface area contributed by atoms with Gasteiger partial charge in [0.25, 0.3) is 5.91 Å². The lowest BCUT2D eigenvalue weighted by molar-refractivity contribution is -0.183. The molecule has 2 aliphatic heterocycles. The molecular weight excluding hydrogens is 404 g/mol. The molecule has 0 aromatic heterocycles. The highest BCUT2D eigenvalue weighted by molar-refractivity contribution is 5.89. The fourth-order valence-corrected chi connectivity index (χ4v) is 4.54. The molecule has 0 spiro atoms. The van der Waals surface area contributed by atoms with Gasteiger partial charge in [-0.3, -0.25) is 4.79 Å². The fourth-order valence-electron chi connectivity index (χ4n) is 4.54. The van der Waals surface area contributed by atoms with Gasteiger partial charge in [-0.25, -0.2) is 4.79 Å². The van der Waals surface area contributed by atoms with Crippen molar-refractivity contribution in [1.82, 2.24) is 9.80 Å². The molecule has 0 aliphatic carbocycles. The third-order valence-electron chi connectivity index (χ3n) is 5.99. The number of likely N-dealkylation sites (tertiary alicyclic amines) is 2. The quantitative estimate of drug-likeness (QED) is 0.631. The van der Waals surface area contributed by atoms with Gasteiger partial charge in [0.05, 0.1) is 18.7 Å². The number of hydrogen-bond donors (Lipinski definition) is 0. The second kappa shape index (κ2) is 9.33. The van der Waals surface area contributed by atoms with Crippen LogP contribution in [0.5, 0.6) is 0 Å². The molecule has 170 valence electrons. The first-order chi connectivity index (χ1) is 15.3. The van der Waals surface area contributed by atoms with Gasteiger partial charge in [-0.1, -0.05) is 60.7 Å². The van der Waals surface area contributed by atoms with Crippen LogP contribution in [-0.2, 0) is 27.4 Å². The standard InChI is InChI=1S/C26H32N2O4/c1-26(2,3)32-25(30)27-16-10-15-21(27)22-23(31-18-20-13-8-5-9-14-20)24(29)28(22)17-19-11-6-4-7-12-19/h4-9,11-14,21-23H,10,15-18H2,1-3H3/t21-,22+,23-/m0/s1. The zero-order valence-corrected chi connectivity index (χ0v) is 19.1. The van der Waals surface area contributed by atoms with Crippen LogP contribution in [0.2, 0.25) is 0 Å². The van der Waals surface area contributed by atoms with Crippen molar-refractivity contribution in [2.45, 2.75) is 70.6 Å². The monoisotopic (exact) mass is 436 g/mol. The van der Waals surface area contributed by atoms with Crippen LogP contribution >= 0.6 is 0 Å². The minimum absolute atomic E-state index is 0.0224. The zero-order chi connectivity index (χ0) is 22.7. The van der Waals surface area contributed by atoms with E-state index in [-0.39, 0.29) is 24.1 Å². The lowest BCUT2D eigenvalue weighted by Crippen LogP contribution is -2.71. The van der Waals surface area contributed by atoms with E-state index in [1.54, 1.807) is 4.90 Å². The molecule has 6 nitrogen and oxygen atoms in total. The highest BCUT2D eigenvalue weighted by atomic mass is 16.6. The molecule has 0 unspecified atom stereocenters. The van der Waals surface area contributed by atoms with Crippen molar-refractivity contribution < 1.29 is 19.1 Å². The molecule has 32 heavy (non-hydrogen) atoms. The molecule has 6 heteroatoms. The molecule has 2 amide bonds. The number of benzene rings is 2. The summed E-state index contributed by atoms with van der Waals surface area (Å²) in [5, 5.41) is 0. The number of ether oxygens (including phenoxy) is 2. The van der Waals surface area contributed by atoms with Gasteiger partial charge in [-0.2, -0.15) is 0 Å². The van der Waals surface area contributed by atoms with Crippen molar-refractivity contribution in [3.63, 3.8) is 0 Å². The third-order valence-corrected chi connectivity index (χ3v) is 5.99. The Morgan fingerprint density at radius 3 is 2.25 bits per heavy atom. The van der Waals surface area contributed by atoms with E-state index in [4.69, 9.17) is 9.47 Å². The smallest absolute Gasteiger partial charge is 0.410 e. The Kier molecular flexibility index (Phi) is 6.51. The second-order valence-electron chi connectivity index (χ2n) is 9.54. The highest BCUT2D eigenvalue weighted by Gasteiger charge is 2.55. The molecule has 2 aromatic carbocycles. The van der Waals surface area contributed by atoms with Gasteiger partial charge in [0.1, 0.15) is 5.60 Å². The van der Waals surface area contributed by atoms with E-state index in [2.05, 4.69) is 0 Å². The number of nitrogens with zero attached hydrogens (tertiary/aromatic N) is 2. The number of hydrogen-bond acceptors (Lipinski definition) is 4. The number of amides is 2. The number of carbonyl (C=O) groups excluding carboxylic acids is 2. The molecule has 0 bridgehead atoms. The first-order valence-corrected chi connectivity index (χ1v) is 11.3. The second-order valence-corrected chi connectivity index (χ2v) is 9.54. The van der Waals surface area contributed by atoms with Gasteiger partial charge < -0.3 is 19.3 Å². The van der Waals surface area contributed by atoms with Crippen LogP contribution in [0, 0.1) is 0 Å². The molecule has 2 fully saturated rings. The van der Waals surface area contributed by atoms with Gasteiger partial charge in [-0.05, 0) is 44.7 Å². The minimum atomic E-state index is -0.563. The number of carbonyl (C=O) groups is 2. The molecule has 2 aliphatic rings. The van der Waals surface area contributed by atoms with Crippen LogP contribution < -0.4 is 0 Å². The normalized spacial score (nSPS) is 23.2. The van der Waals surface area contributed by atoms with E-state index in [0.717, 1.165) is 24.0 Å². The summed E-state index contributed by atoms with van der Waals surface area (Å²) in [6, 6.07) is 19.5. The van der Waals surface area contributed by atoms with Crippen LogP contribution in [-0.4, -0.2) is 52.1 Å². The van der Waals surface area contributed by atoms with E-state index < -0.39 is 11.7 Å². The average Bonchev–Trinajstić information content (AvgIpc) is 3.24. The van der Waals surface area contributed by atoms with Crippen molar-refractivity contribution in [2.24, 2.45) is 0 Å². The van der Waals surface area contributed by atoms with Crippen molar-refractivity contribution in [1.29, 1.82) is 0 Å². The van der Waals surface area contributed by atoms with E-state index in [1.165, 1.54) is 0 Å². The maximum absolute atomic E-state index is 13.1. The Balaban J connectivity index is 1.53. The molecule has 4 rings (SSSR count). The SMILES string of the molecule is CC(C)(C)OC(=O)N1CCC[C@H]1[C@@H]1[C@H](OCc2ccccc2)C(=O)N1Cc1ccccc1. The summed E-state index contributed by atoms with van der Waals surface area (Å²) in [6.45, 7) is 7.12. The lowest BCUT2D eigenvalue weighted by Gasteiger charge is -2.51. The van der Waals surface area contributed by atoms with Gasteiger partial charge in [-0.15, -0.1) is 0 Å². The Bertz CT molecular complexity index is 926. The molecule has 2 saturated heterocycles. The first kappa shape index (κ1) is 22.3. The fraction of sp³-hybridized carbons (Fsp3) is 0.462. The van der Waals surface area contributed by atoms with Gasteiger partial charge >= 0.3 is 6.09 Å². The average molecular weight is 437 g/mol. The summed E-state index contributed by atoms with van der Waals surface area (Å²) in [5.41, 5.74) is 1.53. The van der Waals surface area contributed by atoms with Crippen LogP contribution in [0.4, 0.5) is 4.79 Å². The van der Waals surface area contributed by atoms with Crippen LogP contribution in [0.3, 0.4) is 0 Å². The molecule has 0 N–H and O–H groups in total. The largest absolute Gasteiger partial charge is 0.444 e. The van der Waals surface area contributed by atoms with Gasteiger partial charge in [0.2, 0.25) is 0 Å². The van der Waals surface area contributed by atoms with Gasteiger partial charge in [0.15, 0.2) is 6.10 Å². The molecule has 2 heterocycles. The maximum Gasteiger partial charge on any atom is 0.410 e. The number of rotatable bonds is 6. The van der Waals surface area contributed by atoms with E-state index in [1.807, 2.05) is 86.3 Å². The predicted octanol–water partition coefficient (Wildman–Crippen LogP) is 4.38. The van der Waals surface area contributed by atoms with Gasteiger partial charge in [0, 0.05) is 13.1 Å². The Labute approximate surface area is 190 Å². The molecule has 3 atom stereocenters. The Morgan fingerprint density at radius 1 is 1.00 bits per heavy atom. The first-order valence-electron chi connectivity index (χ1n) is 11.3. The molecular formula is C26H32N2O4. The maximum atomic E-state index is 13.1. The Morgan fingerprint density at radius 2 is 1.62 bits per heavy atom. The summed E-state index contributed by atoms with van der Waals surface area (Å²) < 4.78 is 11.8. The van der Waals surface area contributed by atoms with Crippen molar-refractivity contribution in [3.05, 3.63) is 71.8 Å². The van der Waals surface area contributed by atoms with E-state index in [9.17, 15) is 9.59 Å². The van der Waals surface area contributed by atoms with E-state index >= 15 is 0 Å². The van der Waals surface area contributed by atoms with E-state index in [0.29, 0.717) is 19.7 Å². The minimum Gasteiger partial charge on any atom is -0.444 e. The summed E-state index contributed by atoms with van der Waals surface area (Å²) in [5.74, 6) is -0.0224. The van der Waals surface area contributed by atoms with Crippen LogP contribution in [0.1, 0.15) is 44.7 Å². The molecule has 0 radical (unpaired) electrons. The zero-order valence-electron chi connectivity index (χ0n) is 19.1. The van der Waals surface area contributed by atoms with Crippen molar-refractivity contribution in [2.75, 3.05) is 6.54 Å². The number of β-lactam (4-membered cyclic amide) rings is 1. The van der Waals surface area contributed by atoms with Crippen LogP contribution in [0.25, 0.3) is 0 Å². The topological polar surface area (TPSA) is 59.1 Å². The summed E-state index contributed by atoms with van der Waals surface area (Å²) in [4.78, 5) is 29.7. The summed E-state index contributed by atoms with van der Waals surface area (Å²) in [7, 11) is 0. The summed E-state index contributed by atoms with van der Waals surface area (Å²) in [6.07, 6.45) is 0.833. The lowest BCUT2D eigenvalue weighted by atomic mass is 9.88. The third kappa shape index (κ3) is 4.96. The van der Waals surface area contributed by atoms with Crippen molar-refractivity contribution >= 4 is 12.0 Å². The highest BCUT2D eigenvalue weighted by Crippen LogP contribution is 2.36. The molecule has 2 aromatic rings. The van der Waals surface area contributed by atoms with Crippen molar-refractivity contribution in [3.8, 4) is 0 Å². The predicted molar refractivity (Wildman–Crippen MR) is 122 cm³/mol. The molecule has 0 saturated carbocycles. The Hall–Kier alpha value is -2.86. The van der Waals surface area contributed by atoms with Crippen LogP contribution in [0.15, 0.2) is 60.7 Å². The summed E-state index contributed by atoms with van der Waals surface area (Å²) >= 11 is 0.